The summed E-state index contributed by atoms with van der Waals surface area (Å²) in [5.74, 6) is 0.836. The van der Waals surface area contributed by atoms with Crippen LogP contribution in [0.4, 0.5) is 11.5 Å². The molecular weight excluding hydrogens is 326 g/mol. The molecule has 21 heavy (non-hydrogen) atoms. The van der Waals surface area contributed by atoms with Gasteiger partial charge >= 0.3 is 0 Å². The molecule has 1 heterocycles. The van der Waals surface area contributed by atoms with Crippen LogP contribution in [0, 0.1) is 0 Å². The van der Waals surface area contributed by atoms with Crippen LogP contribution in [0.3, 0.4) is 0 Å². The van der Waals surface area contributed by atoms with Gasteiger partial charge in [0.05, 0.1) is 0 Å². The number of nitrogens with two attached hydrogens (primary N) is 1. The van der Waals surface area contributed by atoms with Crippen LogP contribution in [0.15, 0.2) is 59.2 Å². The molecule has 0 aliphatic rings. The van der Waals surface area contributed by atoms with Gasteiger partial charge in [0.2, 0.25) is 0 Å². The van der Waals surface area contributed by atoms with Crippen LogP contribution in [0.25, 0.3) is 10.8 Å². The van der Waals surface area contributed by atoms with E-state index in [0.717, 1.165) is 26.8 Å². The third kappa shape index (κ3) is 2.72. The van der Waals surface area contributed by atoms with Crippen LogP contribution < -0.4 is 11.1 Å². The van der Waals surface area contributed by atoms with E-state index in [2.05, 4.69) is 45.3 Å². The first-order valence-electron chi connectivity index (χ1n) is 6.81. The lowest BCUT2D eigenvalue weighted by molar-refractivity contribution is 0.877. The summed E-state index contributed by atoms with van der Waals surface area (Å²) in [6.45, 7) is 2.12. The third-order valence-electron chi connectivity index (χ3n) is 3.56. The number of benzene rings is 2. The Morgan fingerprint density at radius 3 is 2.62 bits per heavy atom. The number of nitrogens with one attached hydrogen (secondary N) is 1. The van der Waals surface area contributed by atoms with Gasteiger partial charge < -0.3 is 11.1 Å². The molecule has 3 aromatic rings. The molecule has 3 nitrogen and oxygen atoms in total. The Kier molecular flexibility index (Phi) is 3.80. The van der Waals surface area contributed by atoms with Crippen molar-refractivity contribution in [3.8, 4) is 0 Å². The van der Waals surface area contributed by atoms with Gasteiger partial charge in [0, 0.05) is 33.2 Å². The van der Waals surface area contributed by atoms with Gasteiger partial charge in [0.15, 0.2) is 0 Å². The molecule has 4 heteroatoms. The maximum atomic E-state index is 6.06. The Morgan fingerprint density at radius 2 is 1.86 bits per heavy atom. The van der Waals surface area contributed by atoms with Crippen LogP contribution in [-0.2, 0) is 0 Å². The van der Waals surface area contributed by atoms with E-state index in [1.165, 1.54) is 5.56 Å². The molecule has 1 atom stereocenters. The Hall–Kier alpha value is -2.07. The number of aromatic nitrogens is 1. The smallest absolute Gasteiger partial charge is 0.135 e. The summed E-state index contributed by atoms with van der Waals surface area (Å²) >= 11 is 3.59. The molecule has 0 radical (unpaired) electrons. The standard InChI is InChI=1S/C17H16BrN3/c1-11(12-5-3-2-4-6-12)21-17-16-13(9-10-20-17)15(19)8-7-14(16)18/h2-11H,19H2,1H3,(H,20,21). The topological polar surface area (TPSA) is 50.9 Å². The lowest BCUT2D eigenvalue weighted by Crippen LogP contribution is -2.08. The second kappa shape index (κ2) is 5.74. The SMILES string of the molecule is CC(Nc1nccc2c(N)ccc(Br)c12)c1ccccc1. The molecular formula is C17H16BrN3. The second-order valence-corrected chi connectivity index (χ2v) is 5.85. The maximum absolute atomic E-state index is 6.06. The van der Waals surface area contributed by atoms with Crippen LogP contribution >= 0.6 is 15.9 Å². The number of hydrogen-bond donors (Lipinski definition) is 2. The van der Waals surface area contributed by atoms with E-state index in [0.29, 0.717) is 0 Å². The first-order chi connectivity index (χ1) is 10.2. The molecule has 0 spiro atoms. The van der Waals surface area contributed by atoms with E-state index >= 15 is 0 Å². The molecule has 0 saturated carbocycles. The zero-order valence-corrected chi connectivity index (χ0v) is 13.3. The number of fused-ring (bicyclic) bond motifs is 1. The number of halogens is 1. The number of hydrogen-bond acceptors (Lipinski definition) is 3. The van der Waals surface area contributed by atoms with Gasteiger partial charge in [-0.1, -0.05) is 46.3 Å². The number of nitrogen functional groups attached to an aromatic ring is 1. The van der Waals surface area contributed by atoms with Gasteiger partial charge in [-0.25, -0.2) is 4.98 Å². The van der Waals surface area contributed by atoms with E-state index in [1.807, 2.05) is 36.4 Å². The lowest BCUT2D eigenvalue weighted by atomic mass is 10.1. The van der Waals surface area contributed by atoms with Crippen LogP contribution in [0.2, 0.25) is 0 Å². The first kappa shape index (κ1) is 13.9. The zero-order chi connectivity index (χ0) is 14.8. The fraction of sp³-hybridized carbons (Fsp3) is 0.118. The van der Waals surface area contributed by atoms with Crippen molar-refractivity contribution in [3.05, 3.63) is 64.8 Å². The molecule has 0 amide bonds. The highest BCUT2D eigenvalue weighted by Gasteiger charge is 2.11. The summed E-state index contributed by atoms with van der Waals surface area (Å²) in [7, 11) is 0. The van der Waals surface area contributed by atoms with Crippen molar-refractivity contribution in [2.24, 2.45) is 0 Å². The molecule has 2 aromatic carbocycles. The van der Waals surface area contributed by atoms with Gasteiger partial charge in [-0.05, 0) is 30.7 Å². The van der Waals surface area contributed by atoms with E-state index in [9.17, 15) is 0 Å². The molecule has 0 bridgehead atoms. The van der Waals surface area contributed by atoms with Gasteiger partial charge in [0.25, 0.3) is 0 Å². The average Bonchev–Trinajstić information content (AvgIpc) is 2.52. The van der Waals surface area contributed by atoms with Gasteiger partial charge in [0.1, 0.15) is 5.82 Å². The normalized spacial score (nSPS) is 12.3. The van der Waals surface area contributed by atoms with E-state index < -0.39 is 0 Å². The summed E-state index contributed by atoms with van der Waals surface area (Å²) in [5, 5.41) is 5.49. The Balaban J connectivity index is 2.03. The highest BCUT2D eigenvalue weighted by Crippen LogP contribution is 2.34. The van der Waals surface area contributed by atoms with Crippen molar-refractivity contribution in [2.75, 3.05) is 11.1 Å². The van der Waals surface area contributed by atoms with Crippen LogP contribution in [-0.4, -0.2) is 4.98 Å². The largest absolute Gasteiger partial charge is 0.398 e. The van der Waals surface area contributed by atoms with Crippen LogP contribution in [0.5, 0.6) is 0 Å². The van der Waals surface area contributed by atoms with Crippen LogP contribution in [0.1, 0.15) is 18.5 Å². The monoisotopic (exact) mass is 341 g/mol. The van der Waals surface area contributed by atoms with Crippen molar-refractivity contribution in [2.45, 2.75) is 13.0 Å². The zero-order valence-electron chi connectivity index (χ0n) is 11.7. The Bertz CT molecular complexity index is 772. The summed E-state index contributed by atoms with van der Waals surface area (Å²) in [6, 6.07) is 16.3. The Labute approximate surface area is 132 Å². The molecule has 106 valence electrons. The minimum Gasteiger partial charge on any atom is -0.398 e. The van der Waals surface area contributed by atoms with Crippen molar-refractivity contribution in [1.29, 1.82) is 0 Å². The average molecular weight is 342 g/mol. The van der Waals surface area contributed by atoms with Crippen molar-refractivity contribution >= 4 is 38.2 Å². The lowest BCUT2D eigenvalue weighted by Gasteiger charge is -2.17. The third-order valence-corrected chi connectivity index (χ3v) is 4.22. The fourth-order valence-electron chi connectivity index (χ4n) is 2.42. The highest BCUT2D eigenvalue weighted by molar-refractivity contribution is 9.10. The number of anilines is 2. The van der Waals surface area contributed by atoms with Crippen molar-refractivity contribution in [1.82, 2.24) is 4.98 Å². The van der Waals surface area contributed by atoms with Crippen molar-refractivity contribution in [3.63, 3.8) is 0 Å². The van der Waals surface area contributed by atoms with E-state index in [-0.39, 0.29) is 6.04 Å². The van der Waals surface area contributed by atoms with Gasteiger partial charge in [-0.15, -0.1) is 0 Å². The van der Waals surface area contributed by atoms with Gasteiger partial charge in [-0.3, -0.25) is 0 Å². The van der Waals surface area contributed by atoms with Gasteiger partial charge in [-0.2, -0.15) is 0 Å². The molecule has 3 rings (SSSR count). The molecule has 0 aliphatic carbocycles. The quantitative estimate of drug-likeness (QED) is 0.675. The molecule has 3 N–H and O–H groups in total. The molecule has 1 unspecified atom stereocenters. The van der Waals surface area contributed by atoms with E-state index in [4.69, 9.17) is 5.73 Å². The molecule has 1 aromatic heterocycles. The minimum absolute atomic E-state index is 0.164. The molecule has 0 saturated heterocycles. The predicted molar refractivity (Wildman–Crippen MR) is 92.3 cm³/mol. The summed E-state index contributed by atoms with van der Waals surface area (Å²) in [6.07, 6.45) is 1.78. The van der Waals surface area contributed by atoms with E-state index in [1.54, 1.807) is 6.20 Å². The second-order valence-electron chi connectivity index (χ2n) is 5.00. The summed E-state index contributed by atoms with van der Waals surface area (Å²) in [5.41, 5.74) is 8.03. The summed E-state index contributed by atoms with van der Waals surface area (Å²) < 4.78 is 0.988. The maximum Gasteiger partial charge on any atom is 0.135 e. The minimum atomic E-state index is 0.164. The highest BCUT2D eigenvalue weighted by atomic mass is 79.9. The Morgan fingerprint density at radius 1 is 1.10 bits per heavy atom. The number of rotatable bonds is 3. The molecule has 0 fully saturated rings. The first-order valence-corrected chi connectivity index (χ1v) is 7.60. The number of nitrogens with zero attached hydrogens (tertiary/aromatic N) is 1. The predicted octanol–water partition coefficient (Wildman–Crippen LogP) is 4.75. The fourth-order valence-corrected chi connectivity index (χ4v) is 2.95. The summed E-state index contributed by atoms with van der Waals surface area (Å²) in [4.78, 5) is 4.48. The molecule has 0 aliphatic heterocycles. The van der Waals surface area contributed by atoms with Crippen molar-refractivity contribution < 1.29 is 0 Å². The number of pyridine rings is 1.